The highest BCUT2D eigenvalue weighted by molar-refractivity contribution is 7.92. The van der Waals surface area contributed by atoms with Crippen LogP contribution in [0.5, 0.6) is 0 Å². The van der Waals surface area contributed by atoms with Gasteiger partial charge in [0, 0.05) is 25.8 Å². The summed E-state index contributed by atoms with van der Waals surface area (Å²) in [5.41, 5.74) is 1.70. The van der Waals surface area contributed by atoms with Crippen LogP contribution in [0.4, 0.5) is 0 Å². The van der Waals surface area contributed by atoms with Gasteiger partial charge in [0.25, 0.3) is 0 Å². The van der Waals surface area contributed by atoms with E-state index in [9.17, 15) is 8.42 Å². The van der Waals surface area contributed by atoms with Crippen LogP contribution >= 0.6 is 11.6 Å². The number of hydrogen-bond acceptors (Lipinski definition) is 4. The molecule has 1 rings (SSSR count). The van der Waals surface area contributed by atoms with Crippen LogP contribution in [0.1, 0.15) is 32.2 Å². The van der Waals surface area contributed by atoms with Gasteiger partial charge in [-0.15, -0.1) is 0 Å². The molecule has 0 spiro atoms. The van der Waals surface area contributed by atoms with E-state index in [0.717, 1.165) is 17.8 Å². The van der Waals surface area contributed by atoms with Crippen molar-refractivity contribution >= 4 is 21.4 Å². The number of hydrogen-bond donors (Lipinski definition) is 1. The Morgan fingerprint density at radius 3 is 2.35 bits per heavy atom. The van der Waals surface area contributed by atoms with Crippen LogP contribution in [-0.4, -0.2) is 42.3 Å². The van der Waals surface area contributed by atoms with Crippen LogP contribution in [0.25, 0.3) is 0 Å². The van der Waals surface area contributed by atoms with E-state index in [-0.39, 0.29) is 6.04 Å². The molecule has 0 radical (unpaired) electrons. The van der Waals surface area contributed by atoms with Gasteiger partial charge in [0.1, 0.15) is 0 Å². The average molecular weight is 322 g/mol. The van der Waals surface area contributed by atoms with Crippen LogP contribution in [0, 0.1) is 0 Å². The van der Waals surface area contributed by atoms with Gasteiger partial charge < -0.3 is 5.32 Å². The molecule has 0 aliphatic heterocycles. The first-order valence-electron chi connectivity index (χ1n) is 6.63. The summed E-state index contributed by atoms with van der Waals surface area (Å²) in [6.45, 7) is 5.46. The Kier molecular flexibility index (Phi) is 5.27. The summed E-state index contributed by atoms with van der Waals surface area (Å²) in [6.07, 6.45) is 2.53. The number of halogens is 1. The first-order chi connectivity index (χ1) is 9.06. The van der Waals surface area contributed by atoms with Crippen molar-refractivity contribution < 1.29 is 8.42 Å². The molecule has 1 unspecified atom stereocenters. The fourth-order valence-electron chi connectivity index (χ4n) is 2.19. The Bertz CT molecular complexity index is 579. The third kappa shape index (κ3) is 3.18. The van der Waals surface area contributed by atoms with Crippen molar-refractivity contribution in [2.24, 2.45) is 7.05 Å². The molecule has 1 heterocycles. The molecule has 1 atom stereocenters. The molecule has 7 heteroatoms. The van der Waals surface area contributed by atoms with Gasteiger partial charge in [-0.25, -0.2) is 8.42 Å². The number of nitrogens with zero attached hydrogens (tertiary/aromatic N) is 2. The predicted octanol–water partition coefficient (Wildman–Crippen LogP) is 1.59. The van der Waals surface area contributed by atoms with E-state index in [0.29, 0.717) is 11.4 Å². The number of aryl methyl sites for hydroxylation is 2. The maximum Gasteiger partial charge on any atom is 0.154 e. The number of nitrogens with one attached hydrogen (secondary N) is 1. The lowest BCUT2D eigenvalue weighted by atomic mass is 9.98. The SMILES string of the molecule is CCc1nn(C)c(CC(NC)C(C)(C)S(C)(=O)=O)c1Cl. The van der Waals surface area contributed by atoms with Crippen LogP contribution in [-0.2, 0) is 29.7 Å². The summed E-state index contributed by atoms with van der Waals surface area (Å²) >= 11 is 6.33. The molecule has 1 N–H and O–H groups in total. The summed E-state index contributed by atoms with van der Waals surface area (Å²) in [5, 5.41) is 8.11. The fourth-order valence-corrected chi connectivity index (χ4v) is 3.28. The molecule has 20 heavy (non-hydrogen) atoms. The van der Waals surface area contributed by atoms with E-state index in [1.165, 1.54) is 6.26 Å². The molecule has 0 bridgehead atoms. The summed E-state index contributed by atoms with van der Waals surface area (Å²) in [5.74, 6) is 0. The molecule has 0 amide bonds. The second-order valence-corrected chi connectivity index (χ2v) is 8.58. The monoisotopic (exact) mass is 321 g/mol. The molecule has 1 aromatic rings. The Morgan fingerprint density at radius 2 is 2.00 bits per heavy atom. The summed E-state index contributed by atoms with van der Waals surface area (Å²) in [6, 6.07) is -0.241. The van der Waals surface area contributed by atoms with Crippen molar-refractivity contribution in [2.75, 3.05) is 13.3 Å². The van der Waals surface area contributed by atoms with E-state index < -0.39 is 14.6 Å². The van der Waals surface area contributed by atoms with Gasteiger partial charge in [-0.2, -0.15) is 5.10 Å². The fraction of sp³-hybridized carbons (Fsp3) is 0.769. The van der Waals surface area contributed by atoms with Gasteiger partial charge in [0.2, 0.25) is 0 Å². The molecule has 0 aliphatic rings. The molecule has 0 aliphatic carbocycles. The molecule has 1 aromatic heterocycles. The van der Waals surface area contributed by atoms with Crippen molar-refractivity contribution in [3.05, 3.63) is 16.4 Å². The van der Waals surface area contributed by atoms with E-state index >= 15 is 0 Å². The van der Waals surface area contributed by atoms with Gasteiger partial charge in [0.05, 0.1) is 21.2 Å². The molecule has 0 aromatic carbocycles. The Balaban J connectivity index is 3.16. The number of aromatic nitrogens is 2. The van der Waals surface area contributed by atoms with Crippen molar-refractivity contribution in [3.63, 3.8) is 0 Å². The highest BCUT2D eigenvalue weighted by Gasteiger charge is 2.39. The topological polar surface area (TPSA) is 64.0 Å². The highest BCUT2D eigenvalue weighted by Crippen LogP contribution is 2.27. The van der Waals surface area contributed by atoms with Crippen LogP contribution in [0.15, 0.2) is 0 Å². The zero-order valence-corrected chi connectivity index (χ0v) is 14.6. The van der Waals surface area contributed by atoms with Crippen LogP contribution < -0.4 is 5.32 Å². The minimum absolute atomic E-state index is 0.241. The van der Waals surface area contributed by atoms with Crippen molar-refractivity contribution in [1.82, 2.24) is 15.1 Å². The standard InChI is InChI=1S/C13H24ClN3O2S/c1-7-9-12(14)10(17(5)16-9)8-11(15-4)13(2,3)20(6,18)19/h11,15H,7-8H2,1-6H3. The Hall–Kier alpha value is -0.590. The van der Waals surface area contributed by atoms with E-state index in [4.69, 9.17) is 11.6 Å². The molecule has 116 valence electrons. The van der Waals surface area contributed by atoms with Gasteiger partial charge in [-0.05, 0) is 27.3 Å². The zero-order valence-electron chi connectivity index (χ0n) is 13.0. The maximum atomic E-state index is 12.0. The van der Waals surface area contributed by atoms with Crippen molar-refractivity contribution in [1.29, 1.82) is 0 Å². The van der Waals surface area contributed by atoms with Gasteiger partial charge >= 0.3 is 0 Å². The van der Waals surface area contributed by atoms with Crippen LogP contribution in [0.2, 0.25) is 5.02 Å². The lowest BCUT2D eigenvalue weighted by Crippen LogP contribution is -2.51. The third-order valence-electron chi connectivity index (χ3n) is 4.04. The summed E-state index contributed by atoms with van der Waals surface area (Å²) in [7, 11) is 0.407. The van der Waals surface area contributed by atoms with E-state index in [1.807, 2.05) is 14.0 Å². The first kappa shape index (κ1) is 17.5. The number of sulfone groups is 1. The lowest BCUT2D eigenvalue weighted by Gasteiger charge is -2.32. The number of likely N-dealkylation sites (N-methyl/N-ethyl adjacent to an activating group) is 1. The van der Waals surface area contributed by atoms with E-state index in [1.54, 1.807) is 25.6 Å². The molecule has 0 fully saturated rings. The molecular weight excluding hydrogens is 298 g/mol. The highest BCUT2D eigenvalue weighted by atomic mass is 35.5. The summed E-state index contributed by atoms with van der Waals surface area (Å²) in [4.78, 5) is 0. The first-order valence-corrected chi connectivity index (χ1v) is 8.90. The van der Waals surface area contributed by atoms with Crippen molar-refractivity contribution in [3.8, 4) is 0 Å². The number of rotatable bonds is 6. The molecule has 0 saturated heterocycles. The van der Waals surface area contributed by atoms with Gasteiger partial charge in [-0.1, -0.05) is 18.5 Å². The van der Waals surface area contributed by atoms with Gasteiger partial charge in [0.15, 0.2) is 9.84 Å². The normalized spacial score (nSPS) is 14.6. The molecular formula is C13H24ClN3O2S. The van der Waals surface area contributed by atoms with E-state index in [2.05, 4.69) is 10.4 Å². The minimum Gasteiger partial charge on any atom is -0.315 e. The Labute approximate surface area is 126 Å². The lowest BCUT2D eigenvalue weighted by molar-refractivity contribution is 0.422. The second kappa shape index (κ2) is 6.03. The maximum absolute atomic E-state index is 12.0. The van der Waals surface area contributed by atoms with Gasteiger partial charge in [-0.3, -0.25) is 4.68 Å². The molecule has 0 saturated carbocycles. The molecule has 5 nitrogen and oxygen atoms in total. The third-order valence-corrected chi connectivity index (χ3v) is 6.68. The van der Waals surface area contributed by atoms with Crippen LogP contribution in [0.3, 0.4) is 0 Å². The largest absolute Gasteiger partial charge is 0.315 e. The average Bonchev–Trinajstić information content (AvgIpc) is 2.60. The Morgan fingerprint density at radius 1 is 1.45 bits per heavy atom. The summed E-state index contributed by atoms with van der Waals surface area (Å²) < 4.78 is 24.8. The minimum atomic E-state index is -3.19. The quantitative estimate of drug-likeness (QED) is 0.864. The predicted molar refractivity (Wildman–Crippen MR) is 83.1 cm³/mol. The second-order valence-electron chi connectivity index (χ2n) is 5.61. The smallest absolute Gasteiger partial charge is 0.154 e. The zero-order chi connectivity index (χ0) is 15.7. The van der Waals surface area contributed by atoms with Crippen molar-refractivity contribution in [2.45, 2.75) is 44.4 Å².